The summed E-state index contributed by atoms with van der Waals surface area (Å²) in [5.41, 5.74) is 3.07. The van der Waals surface area contributed by atoms with Crippen LogP contribution in [0.5, 0.6) is 0 Å². The van der Waals surface area contributed by atoms with Crippen molar-refractivity contribution >= 4 is 17.5 Å². The number of piperazine rings is 1. The molecule has 2 aliphatic rings. The molecule has 6 nitrogen and oxygen atoms in total. The molecule has 3 rings (SSSR count). The highest BCUT2D eigenvalue weighted by molar-refractivity contribution is 5.93. The standard InChI is InChI=1S/C23H36N4O2/c1-17-12-18(2)14-26(13-17)16-22(29)27-10-8-25(9-11-27)15-21(28)24-23-19(3)6-5-7-20(23)4/h5-7,17-18H,8-16H2,1-4H3,(H,24,28)/t17-,18-/m0/s1. The third-order valence-corrected chi connectivity index (χ3v) is 6.14. The summed E-state index contributed by atoms with van der Waals surface area (Å²) >= 11 is 0. The van der Waals surface area contributed by atoms with Crippen molar-refractivity contribution in [3.8, 4) is 0 Å². The quantitative estimate of drug-likeness (QED) is 0.824. The fourth-order valence-corrected chi connectivity index (χ4v) is 4.76. The van der Waals surface area contributed by atoms with Crippen LogP contribution < -0.4 is 5.32 Å². The number of carbonyl (C=O) groups is 2. The third kappa shape index (κ3) is 6.03. The highest BCUT2D eigenvalue weighted by Crippen LogP contribution is 2.21. The molecular weight excluding hydrogens is 364 g/mol. The minimum atomic E-state index is 0.0125. The largest absolute Gasteiger partial charge is 0.339 e. The molecule has 2 saturated heterocycles. The van der Waals surface area contributed by atoms with E-state index >= 15 is 0 Å². The van der Waals surface area contributed by atoms with Crippen LogP contribution in [0.2, 0.25) is 0 Å². The third-order valence-electron chi connectivity index (χ3n) is 6.14. The minimum absolute atomic E-state index is 0.0125. The summed E-state index contributed by atoms with van der Waals surface area (Å²) in [7, 11) is 0. The predicted molar refractivity (Wildman–Crippen MR) is 117 cm³/mol. The number of para-hydroxylation sites is 1. The first-order valence-corrected chi connectivity index (χ1v) is 10.9. The summed E-state index contributed by atoms with van der Waals surface area (Å²) in [5.74, 6) is 1.57. The second-order valence-electron chi connectivity index (χ2n) is 9.11. The second-order valence-corrected chi connectivity index (χ2v) is 9.11. The number of piperidine rings is 1. The van der Waals surface area contributed by atoms with Gasteiger partial charge in [-0.15, -0.1) is 0 Å². The van der Waals surface area contributed by atoms with Gasteiger partial charge in [0.1, 0.15) is 0 Å². The highest BCUT2D eigenvalue weighted by Gasteiger charge is 2.27. The topological polar surface area (TPSA) is 55.9 Å². The van der Waals surface area contributed by atoms with Gasteiger partial charge in [0.15, 0.2) is 0 Å². The number of rotatable bonds is 5. The Kier molecular flexibility index (Phi) is 7.30. The smallest absolute Gasteiger partial charge is 0.238 e. The van der Waals surface area contributed by atoms with Gasteiger partial charge < -0.3 is 10.2 Å². The number of hydrogen-bond donors (Lipinski definition) is 1. The van der Waals surface area contributed by atoms with Gasteiger partial charge in [0.05, 0.1) is 13.1 Å². The molecule has 2 amide bonds. The molecule has 2 fully saturated rings. The van der Waals surface area contributed by atoms with E-state index in [1.807, 2.05) is 36.9 Å². The molecule has 0 aromatic heterocycles. The Bertz CT molecular complexity index is 697. The summed E-state index contributed by atoms with van der Waals surface area (Å²) < 4.78 is 0. The van der Waals surface area contributed by atoms with Crippen molar-refractivity contribution in [2.45, 2.75) is 34.1 Å². The molecule has 1 N–H and O–H groups in total. The maximum Gasteiger partial charge on any atom is 0.238 e. The molecule has 0 saturated carbocycles. The van der Waals surface area contributed by atoms with Gasteiger partial charge in [-0.1, -0.05) is 32.0 Å². The number of benzene rings is 1. The fourth-order valence-electron chi connectivity index (χ4n) is 4.76. The van der Waals surface area contributed by atoms with E-state index < -0.39 is 0 Å². The molecule has 160 valence electrons. The number of amides is 2. The van der Waals surface area contributed by atoms with Crippen LogP contribution in [0.4, 0.5) is 5.69 Å². The molecule has 0 spiro atoms. The number of nitrogens with zero attached hydrogens (tertiary/aromatic N) is 3. The molecule has 1 aromatic carbocycles. The molecule has 0 aliphatic carbocycles. The van der Waals surface area contributed by atoms with Gasteiger partial charge in [0, 0.05) is 45.0 Å². The van der Waals surface area contributed by atoms with E-state index in [9.17, 15) is 9.59 Å². The zero-order valence-corrected chi connectivity index (χ0v) is 18.4. The summed E-state index contributed by atoms with van der Waals surface area (Å²) in [5, 5.41) is 3.05. The Morgan fingerprint density at radius 1 is 0.931 bits per heavy atom. The lowest BCUT2D eigenvalue weighted by molar-refractivity contribution is -0.135. The van der Waals surface area contributed by atoms with E-state index in [2.05, 4.69) is 29.0 Å². The van der Waals surface area contributed by atoms with Gasteiger partial charge in [-0.05, 0) is 43.2 Å². The molecule has 0 radical (unpaired) electrons. The maximum absolute atomic E-state index is 12.7. The van der Waals surface area contributed by atoms with E-state index in [0.29, 0.717) is 38.0 Å². The molecule has 6 heteroatoms. The number of carbonyl (C=O) groups excluding carboxylic acids is 2. The van der Waals surface area contributed by atoms with E-state index in [0.717, 1.165) is 43.0 Å². The van der Waals surface area contributed by atoms with Crippen molar-refractivity contribution in [1.82, 2.24) is 14.7 Å². The number of anilines is 1. The van der Waals surface area contributed by atoms with E-state index in [1.165, 1.54) is 6.42 Å². The molecule has 1 aromatic rings. The van der Waals surface area contributed by atoms with Crippen LogP contribution in [-0.4, -0.2) is 78.9 Å². The average Bonchev–Trinajstić information content (AvgIpc) is 2.64. The van der Waals surface area contributed by atoms with Crippen LogP contribution in [0.25, 0.3) is 0 Å². The van der Waals surface area contributed by atoms with Gasteiger partial charge in [-0.3, -0.25) is 19.4 Å². The van der Waals surface area contributed by atoms with Crippen LogP contribution in [0.3, 0.4) is 0 Å². The monoisotopic (exact) mass is 400 g/mol. The molecule has 2 aliphatic heterocycles. The zero-order chi connectivity index (χ0) is 21.0. The Labute approximate surface area is 175 Å². The van der Waals surface area contributed by atoms with Crippen molar-refractivity contribution in [3.05, 3.63) is 29.3 Å². The summed E-state index contributed by atoms with van der Waals surface area (Å²) in [4.78, 5) is 31.6. The summed E-state index contributed by atoms with van der Waals surface area (Å²) in [6.07, 6.45) is 1.26. The molecule has 2 heterocycles. The minimum Gasteiger partial charge on any atom is -0.339 e. The van der Waals surface area contributed by atoms with Gasteiger partial charge in [-0.2, -0.15) is 0 Å². The van der Waals surface area contributed by atoms with Crippen LogP contribution in [0.15, 0.2) is 18.2 Å². The SMILES string of the molecule is Cc1cccc(C)c1NC(=O)CN1CCN(C(=O)CN2C[C@@H](C)C[C@H](C)C2)CC1. The number of hydrogen-bond acceptors (Lipinski definition) is 4. The van der Waals surface area contributed by atoms with E-state index in [4.69, 9.17) is 0 Å². The zero-order valence-electron chi connectivity index (χ0n) is 18.4. The highest BCUT2D eigenvalue weighted by atomic mass is 16.2. The van der Waals surface area contributed by atoms with Crippen LogP contribution in [0, 0.1) is 25.7 Å². The van der Waals surface area contributed by atoms with Crippen molar-refractivity contribution in [3.63, 3.8) is 0 Å². The Hall–Kier alpha value is -1.92. The second kappa shape index (κ2) is 9.72. The Morgan fingerprint density at radius 2 is 1.52 bits per heavy atom. The van der Waals surface area contributed by atoms with Crippen molar-refractivity contribution in [2.24, 2.45) is 11.8 Å². The summed E-state index contributed by atoms with van der Waals surface area (Å²) in [6.45, 7) is 14.4. The van der Waals surface area contributed by atoms with Crippen molar-refractivity contribution in [2.75, 3.05) is 57.7 Å². The first-order valence-electron chi connectivity index (χ1n) is 10.9. The lowest BCUT2D eigenvalue weighted by Gasteiger charge is -2.38. The summed E-state index contributed by atoms with van der Waals surface area (Å²) in [6, 6.07) is 6.02. The first kappa shape index (κ1) is 21.8. The normalized spacial score (nSPS) is 23.8. The molecule has 0 unspecified atom stereocenters. The number of likely N-dealkylation sites (tertiary alicyclic amines) is 1. The molecule has 0 bridgehead atoms. The molecular formula is C23H36N4O2. The Morgan fingerprint density at radius 3 is 2.10 bits per heavy atom. The van der Waals surface area contributed by atoms with Gasteiger partial charge in [-0.25, -0.2) is 0 Å². The average molecular weight is 401 g/mol. The van der Waals surface area contributed by atoms with Crippen LogP contribution >= 0.6 is 0 Å². The van der Waals surface area contributed by atoms with E-state index in [-0.39, 0.29) is 11.8 Å². The molecule has 29 heavy (non-hydrogen) atoms. The lowest BCUT2D eigenvalue weighted by atomic mass is 9.92. The number of nitrogens with one attached hydrogen (secondary N) is 1. The fraction of sp³-hybridized carbons (Fsp3) is 0.652. The van der Waals surface area contributed by atoms with Crippen LogP contribution in [0.1, 0.15) is 31.4 Å². The van der Waals surface area contributed by atoms with Gasteiger partial charge in [0.25, 0.3) is 0 Å². The van der Waals surface area contributed by atoms with Gasteiger partial charge in [0.2, 0.25) is 11.8 Å². The lowest BCUT2D eigenvalue weighted by Crippen LogP contribution is -2.53. The van der Waals surface area contributed by atoms with Crippen molar-refractivity contribution in [1.29, 1.82) is 0 Å². The van der Waals surface area contributed by atoms with Crippen LogP contribution in [-0.2, 0) is 9.59 Å². The predicted octanol–water partition coefficient (Wildman–Crippen LogP) is 2.36. The first-order chi connectivity index (χ1) is 13.8. The number of aryl methyl sites for hydroxylation is 2. The van der Waals surface area contributed by atoms with Crippen molar-refractivity contribution < 1.29 is 9.59 Å². The van der Waals surface area contributed by atoms with E-state index in [1.54, 1.807) is 0 Å². The maximum atomic E-state index is 12.7. The Balaban J connectivity index is 1.43. The van der Waals surface area contributed by atoms with Gasteiger partial charge >= 0.3 is 0 Å². The molecule has 2 atom stereocenters.